The van der Waals surface area contributed by atoms with Crippen LogP contribution >= 0.6 is 0 Å². The molecule has 1 aromatic carbocycles. The molecule has 1 aliphatic rings. The smallest absolute Gasteiger partial charge is 0.230 e. The van der Waals surface area contributed by atoms with Crippen molar-refractivity contribution in [1.29, 1.82) is 0 Å². The number of aromatic nitrogens is 5. The lowest BCUT2D eigenvalue weighted by molar-refractivity contribution is -0.131. The normalized spacial score (nSPS) is 15.8. The summed E-state index contributed by atoms with van der Waals surface area (Å²) in [6.07, 6.45) is 4.34. The van der Waals surface area contributed by atoms with Crippen LogP contribution in [0.1, 0.15) is 55.5 Å². The van der Waals surface area contributed by atoms with Crippen molar-refractivity contribution >= 4 is 16.8 Å². The van der Waals surface area contributed by atoms with Crippen molar-refractivity contribution in [2.45, 2.75) is 44.9 Å². The molecule has 0 atom stereocenters. The van der Waals surface area contributed by atoms with Crippen LogP contribution in [-0.2, 0) is 18.3 Å². The van der Waals surface area contributed by atoms with Gasteiger partial charge in [0.05, 0.1) is 13.5 Å². The quantitative estimate of drug-likeness (QED) is 0.770. The van der Waals surface area contributed by atoms with E-state index in [0.29, 0.717) is 17.7 Å². The Morgan fingerprint density at radius 3 is 2.74 bits per heavy atom. The number of piperidine rings is 1. The molecule has 4 rings (SSSR count). The molecule has 0 radical (unpaired) electrons. The molecule has 1 amide bonds. The molecule has 3 heterocycles. The summed E-state index contributed by atoms with van der Waals surface area (Å²) < 4.78 is 0. The summed E-state index contributed by atoms with van der Waals surface area (Å²) in [5, 5.41) is 13.1. The molecule has 27 heavy (non-hydrogen) atoms. The highest BCUT2D eigenvalue weighted by Gasteiger charge is 2.25. The van der Waals surface area contributed by atoms with Gasteiger partial charge in [-0.05, 0) is 53.2 Å². The van der Waals surface area contributed by atoms with Gasteiger partial charge in [0.1, 0.15) is 0 Å². The second-order valence-electron chi connectivity index (χ2n) is 7.73. The van der Waals surface area contributed by atoms with Gasteiger partial charge in [-0.15, -0.1) is 10.2 Å². The highest BCUT2D eigenvalue weighted by atomic mass is 16.2. The molecule has 142 valence electrons. The first-order chi connectivity index (χ1) is 13.0. The average Bonchev–Trinajstić information content (AvgIpc) is 3.27. The van der Waals surface area contributed by atoms with E-state index in [2.05, 4.69) is 58.6 Å². The number of aromatic amines is 1. The van der Waals surface area contributed by atoms with E-state index in [1.165, 1.54) is 26.8 Å². The molecule has 1 saturated heterocycles. The maximum Gasteiger partial charge on any atom is 0.230 e. The Hall–Kier alpha value is -2.70. The van der Waals surface area contributed by atoms with Crippen molar-refractivity contribution < 1.29 is 4.79 Å². The fourth-order valence-electron chi connectivity index (χ4n) is 3.99. The lowest BCUT2D eigenvalue weighted by Crippen LogP contribution is -2.39. The molecular formula is C20H26N6O. The zero-order valence-electron chi connectivity index (χ0n) is 16.1. The zero-order chi connectivity index (χ0) is 19.0. The number of fused-ring (bicyclic) bond motifs is 1. The van der Waals surface area contributed by atoms with Gasteiger partial charge in [-0.2, -0.15) is 4.80 Å². The molecule has 0 unspecified atom stereocenters. The summed E-state index contributed by atoms with van der Waals surface area (Å²) in [7, 11) is 1.71. The number of hydrogen-bond acceptors (Lipinski definition) is 4. The number of amides is 1. The van der Waals surface area contributed by atoms with Gasteiger partial charge in [-0.25, -0.2) is 0 Å². The van der Waals surface area contributed by atoms with Gasteiger partial charge in [0, 0.05) is 30.2 Å². The second-order valence-corrected chi connectivity index (χ2v) is 7.73. The fourth-order valence-corrected chi connectivity index (χ4v) is 3.99. The van der Waals surface area contributed by atoms with E-state index in [9.17, 15) is 4.79 Å². The number of carbonyl (C=O) groups excluding carboxylic acids is 1. The third-order valence-electron chi connectivity index (χ3n) is 5.54. The van der Waals surface area contributed by atoms with Gasteiger partial charge in [-0.3, -0.25) is 4.79 Å². The van der Waals surface area contributed by atoms with Gasteiger partial charge in [0.2, 0.25) is 5.91 Å². The molecule has 0 bridgehead atoms. The monoisotopic (exact) mass is 366 g/mol. The van der Waals surface area contributed by atoms with Crippen LogP contribution in [0, 0.1) is 0 Å². The van der Waals surface area contributed by atoms with E-state index in [1.807, 2.05) is 4.90 Å². The Labute approximate surface area is 158 Å². The summed E-state index contributed by atoms with van der Waals surface area (Å²) in [5.74, 6) is 1.58. The minimum absolute atomic E-state index is 0.0876. The Bertz CT molecular complexity index is 948. The SMILES string of the molecule is CC(C)c1c[nH]c2ccc(C3CCN(C(=O)Cc4nnn(C)n4)CC3)cc12. The van der Waals surface area contributed by atoms with Gasteiger partial charge in [-0.1, -0.05) is 19.9 Å². The minimum atomic E-state index is 0.0876. The van der Waals surface area contributed by atoms with E-state index < -0.39 is 0 Å². The number of nitrogens with one attached hydrogen (secondary N) is 1. The highest BCUT2D eigenvalue weighted by Crippen LogP contribution is 2.33. The van der Waals surface area contributed by atoms with E-state index in [0.717, 1.165) is 25.9 Å². The topological polar surface area (TPSA) is 79.7 Å². The molecular weight excluding hydrogens is 340 g/mol. The fraction of sp³-hybridized carbons (Fsp3) is 0.500. The molecule has 0 saturated carbocycles. The molecule has 0 aliphatic carbocycles. The standard InChI is InChI=1S/C20H26N6O/c1-13(2)17-12-21-18-5-4-15(10-16(17)18)14-6-8-26(9-7-14)20(27)11-19-22-24-25(3)23-19/h4-5,10,12-14,21H,6-9,11H2,1-3H3. The maximum atomic E-state index is 12.5. The summed E-state index contributed by atoms with van der Waals surface area (Å²) in [6.45, 7) is 6.02. The number of hydrogen-bond donors (Lipinski definition) is 1. The van der Waals surface area contributed by atoms with Crippen molar-refractivity contribution in [2.75, 3.05) is 13.1 Å². The molecule has 0 spiro atoms. The Morgan fingerprint density at radius 2 is 2.07 bits per heavy atom. The summed E-state index contributed by atoms with van der Waals surface area (Å²) >= 11 is 0. The van der Waals surface area contributed by atoms with E-state index in [-0.39, 0.29) is 12.3 Å². The van der Waals surface area contributed by atoms with Crippen LogP contribution in [0.15, 0.2) is 24.4 Å². The number of H-pyrrole nitrogens is 1. The summed E-state index contributed by atoms with van der Waals surface area (Å²) in [5.41, 5.74) is 3.95. The largest absolute Gasteiger partial charge is 0.361 e. The lowest BCUT2D eigenvalue weighted by atomic mass is 9.88. The van der Waals surface area contributed by atoms with Crippen molar-refractivity contribution in [3.8, 4) is 0 Å². The molecule has 7 heteroatoms. The van der Waals surface area contributed by atoms with Gasteiger partial charge >= 0.3 is 0 Å². The molecule has 1 aliphatic heterocycles. The van der Waals surface area contributed by atoms with Crippen molar-refractivity contribution in [2.24, 2.45) is 7.05 Å². The van der Waals surface area contributed by atoms with Crippen LogP contribution < -0.4 is 0 Å². The number of tetrazole rings is 1. The molecule has 2 aromatic heterocycles. The zero-order valence-corrected chi connectivity index (χ0v) is 16.1. The van der Waals surface area contributed by atoms with Crippen LogP contribution in [0.5, 0.6) is 0 Å². The predicted octanol–water partition coefficient (Wildman–Crippen LogP) is 2.76. The van der Waals surface area contributed by atoms with E-state index in [4.69, 9.17) is 0 Å². The van der Waals surface area contributed by atoms with Gasteiger partial charge in [0.15, 0.2) is 5.82 Å². The first-order valence-corrected chi connectivity index (χ1v) is 9.63. The van der Waals surface area contributed by atoms with Gasteiger partial charge < -0.3 is 9.88 Å². The lowest BCUT2D eigenvalue weighted by Gasteiger charge is -2.32. The summed E-state index contributed by atoms with van der Waals surface area (Å²) in [6, 6.07) is 6.76. The number of nitrogens with zero attached hydrogens (tertiary/aromatic N) is 5. The first-order valence-electron chi connectivity index (χ1n) is 9.63. The Balaban J connectivity index is 1.42. The van der Waals surface area contributed by atoms with Crippen molar-refractivity contribution in [3.63, 3.8) is 0 Å². The Morgan fingerprint density at radius 1 is 1.30 bits per heavy atom. The number of benzene rings is 1. The molecule has 1 N–H and O–H groups in total. The summed E-state index contributed by atoms with van der Waals surface area (Å²) in [4.78, 5) is 19.2. The van der Waals surface area contributed by atoms with Crippen LogP contribution in [-0.4, -0.2) is 49.1 Å². The second kappa shape index (κ2) is 7.13. The minimum Gasteiger partial charge on any atom is -0.361 e. The van der Waals surface area contributed by atoms with E-state index >= 15 is 0 Å². The highest BCUT2D eigenvalue weighted by molar-refractivity contribution is 5.84. The molecule has 3 aromatic rings. The third-order valence-corrected chi connectivity index (χ3v) is 5.54. The maximum absolute atomic E-state index is 12.5. The number of rotatable bonds is 4. The van der Waals surface area contributed by atoms with Gasteiger partial charge in [0.25, 0.3) is 0 Å². The Kier molecular flexibility index (Phi) is 4.68. The first kappa shape index (κ1) is 17.7. The number of carbonyl (C=O) groups is 1. The van der Waals surface area contributed by atoms with Crippen LogP contribution in [0.3, 0.4) is 0 Å². The third kappa shape index (κ3) is 3.59. The van der Waals surface area contributed by atoms with Crippen molar-refractivity contribution in [1.82, 2.24) is 30.1 Å². The predicted molar refractivity (Wildman–Crippen MR) is 103 cm³/mol. The average molecular weight is 366 g/mol. The molecule has 7 nitrogen and oxygen atoms in total. The van der Waals surface area contributed by atoms with Crippen molar-refractivity contribution in [3.05, 3.63) is 41.3 Å². The molecule has 1 fully saturated rings. The van der Waals surface area contributed by atoms with Crippen LogP contribution in [0.4, 0.5) is 0 Å². The van der Waals surface area contributed by atoms with E-state index in [1.54, 1.807) is 7.05 Å². The number of likely N-dealkylation sites (tertiary alicyclic amines) is 1. The number of aryl methyl sites for hydroxylation is 1. The van der Waals surface area contributed by atoms with Crippen LogP contribution in [0.25, 0.3) is 10.9 Å². The van der Waals surface area contributed by atoms with Crippen LogP contribution in [0.2, 0.25) is 0 Å².